The maximum atomic E-state index is 5.85. The van der Waals surface area contributed by atoms with Gasteiger partial charge in [0, 0.05) is 18.7 Å². The smallest absolute Gasteiger partial charge is 0.232 e. The molecule has 0 amide bonds. The zero-order chi connectivity index (χ0) is 11.1. The number of nitrogens with zero attached hydrogens (tertiary/aromatic N) is 2. The van der Waals surface area contributed by atoms with E-state index in [1.54, 1.807) is 12.4 Å². The third kappa shape index (κ3) is 4.25. The molecule has 84 valence electrons. The third-order valence-electron chi connectivity index (χ3n) is 2.11. The van der Waals surface area contributed by atoms with Crippen molar-refractivity contribution in [3.8, 4) is 5.88 Å². The highest BCUT2D eigenvalue weighted by atomic mass is 16.5. The van der Waals surface area contributed by atoms with Gasteiger partial charge in [-0.2, -0.15) is 0 Å². The standard InChI is InChI=1S/C11H19N3O/c1-3-5-15-11-8-13-7-10(14-11)6-9(12)4-2/h7-9H,3-6,12H2,1-2H3. The second-order valence-corrected chi connectivity index (χ2v) is 3.57. The zero-order valence-electron chi connectivity index (χ0n) is 9.44. The summed E-state index contributed by atoms with van der Waals surface area (Å²) in [6.07, 6.45) is 6.06. The Hall–Kier alpha value is -1.16. The van der Waals surface area contributed by atoms with Crippen LogP contribution in [0.4, 0.5) is 0 Å². The Morgan fingerprint density at radius 1 is 1.40 bits per heavy atom. The summed E-state index contributed by atoms with van der Waals surface area (Å²) in [6.45, 7) is 4.80. The Balaban J connectivity index is 2.57. The summed E-state index contributed by atoms with van der Waals surface area (Å²) < 4.78 is 5.40. The molecule has 0 spiro atoms. The van der Waals surface area contributed by atoms with E-state index in [0.717, 1.165) is 25.0 Å². The van der Waals surface area contributed by atoms with Crippen molar-refractivity contribution < 1.29 is 4.74 Å². The molecule has 0 aliphatic heterocycles. The van der Waals surface area contributed by atoms with Gasteiger partial charge in [-0.05, 0) is 12.8 Å². The molecule has 1 aromatic rings. The lowest BCUT2D eigenvalue weighted by Gasteiger charge is -2.08. The lowest BCUT2D eigenvalue weighted by atomic mass is 10.1. The van der Waals surface area contributed by atoms with Crippen LogP contribution in [0, 0.1) is 0 Å². The molecule has 1 rings (SSSR count). The maximum Gasteiger partial charge on any atom is 0.232 e. The van der Waals surface area contributed by atoms with Crippen LogP contribution in [0.25, 0.3) is 0 Å². The van der Waals surface area contributed by atoms with Crippen molar-refractivity contribution in [3.05, 3.63) is 18.1 Å². The van der Waals surface area contributed by atoms with Gasteiger partial charge in [-0.15, -0.1) is 0 Å². The van der Waals surface area contributed by atoms with Gasteiger partial charge in [0.05, 0.1) is 18.5 Å². The van der Waals surface area contributed by atoms with Crippen molar-refractivity contribution in [2.45, 2.75) is 39.2 Å². The van der Waals surface area contributed by atoms with E-state index in [-0.39, 0.29) is 6.04 Å². The fourth-order valence-corrected chi connectivity index (χ4v) is 1.17. The fraction of sp³-hybridized carbons (Fsp3) is 0.636. The minimum atomic E-state index is 0.153. The molecule has 0 radical (unpaired) electrons. The molecule has 0 bridgehead atoms. The monoisotopic (exact) mass is 209 g/mol. The number of nitrogens with two attached hydrogens (primary N) is 1. The van der Waals surface area contributed by atoms with E-state index in [1.807, 2.05) is 0 Å². The molecule has 0 saturated heterocycles. The van der Waals surface area contributed by atoms with E-state index in [1.165, 1.54) is 0 Å². The van der Waals surface area contributed by atoms with Crippen LogP contribution in [-0.4, -0.2) is 22.6 Å². The quantitative estimate of drug-likeness (QED) is 0.772. The summed E-state index contributed by atoms with van der Waals surface area (Å²) in [6, 6.07) is 0.153. The van der Waals surface area contributed by atoms with Crippen LogP contribution in [0.2, 0.25) is 0 Å². The van der Waals surface area contributed by atoms with E-state index in [4.69, 9.17) is 10.5 Å². The lowest BCUT2D eigenvalue weighted by Crippen LogP contribution is -2.22. The Kier molecular flexibility index (Phi) is 5.04. The lowest BCUT2D eigenvalue weighted by molar-refractivity contribution is 0.302. The highest BCUT2D eigenvalue weighted by molar-refractivity contribution is 5.09. The fourth-order valence-electron chi connectivity index (χ4n) is 1.17. The zero-order valence-corrected chi connectivity index (χ0v) is 9.44. The molecule has 1 unspecified atom stereocenters. The molecule has 0 fully saturated rings. The Morgan fingerprint density at radius 2 is 2.20 bits per heavy atom. The molecule has 1 aromatic heterocycles. The van der Waals surface area contributed by atoms with Crippen LogP contribution >= 0.6 is 0 Å². The van der Waals surface area contributed by atoms with Crippen molar-refractivity contribution >= 4 is 0 Å². The van der Waals surface area contributed by atoms with Gasteiger partial charge in [-0.3, -0.25) is 4.98 Å². The van der Waals surface area contributed by atoms with E-state index >= 15 is 0 Å². The first-order chi connectivity index (χ1) is 7.26. The predicted molar refractivity (Wildman–Crippen MR) is 59.8 cm³/mol. The van der Waals surface area contributed by atoms with Crippen molar-refractivity contribution in [2.75, 3.05) is 6.61 Å². The van der Waals surface area contributed by atoms with Gasteiger partial charge in [-0.1, -0.05) is 13.8 Å². The number of hydrogen-bond donors (Lipinski definition) is 1. The molecule has 0 aliphatic carbocycles. The topological polar surface area (TPSA) is 61.0 Å². The second-order valence-electron chi connectivity index (χ2n) is 3.57. The first-order valence-corrected chi connectivity index (χ1v) is 5.45. The summed E-state index contributed by atoms with van der Waals surface area (Å²) in [7, 11) is 0. The van der Waals surface area contributed by atoms with Gasteiger partial charge < -0.3 is 10.5 Å². The number of hydrogen-bond acceptors (Lipinski definition) is 4. The SMILES string of the molecule is CCCOc1cncc(CC(N)CC)n1. The van der Waals surface area contributed by atoms with Crippen LogP contribution < -0.4 is 10.5 Å². The summed E-state index contributed by atoms with van der Waals surface area (Å²) in [4.78, 5) is 8.42. The van der Waals surface area contributed by atoms with Gasteiger partial charge in [0.15, 0.2) is 0 Å². The average molecular weight is 209 g/mol. The summed E-state index contributed by atoms with van der Waals surface area (Å²) >= 11 is 0. The Labute approximate surface area is 90.9 Å². The highest BCUT2D eigenvalue weighted by Gasteiger charge is 2.04. The van der Waals surface area contributed by atoms with E-state index < -0.39 is 0 Å². The van der Waals surface area contributed by atoms with Gasteiger partial charge in [0.2, 0.25) is 5.88 Å². The molecule has 1 heterocycles. The minimum Gasteiger partial charge on any atom is -0.477 e. The van der Waals surface area contributed by atoms with Crippen LogP contribution in [0.5, 0.6) is 5.88 Å². The number of aromatic nitrogens is 2. The van der Waals surface area contributed by atoms with Crippen molar-refractivity contribution in [2.24, 2.45) is 5.73 Å². The maximum absolute atomic E-state index is 5.85. The largest absolute Gasteiger partial charge is 0.477 e. The summed E-state index contributed by atoms with van der Waals surface area (Å²) in [5.74, 6) is 0.595. The summed E-state index contributed by atoms with van der Waals surface area (Å²) in [5, 5.41) is 0. The molecule has 4 nitrogen and oxygen atoms in total. The number of rotatable bonds is 6. The summed E-state index contributed by atoms with van der Waals surface area (Å²) in [5.41, 5.74) is 6.75. The van der Waals surface area contributed by atoms with Crippen LogP contribution in [0.3, 0.4) is 0 Å². The van der Waals surface area contributed by atoms with Crippen LogP contribution in [0.1, 0.15) is 32.4 Å². The molecular weight excluding hydrogens is 190 g/mol. The molecule has 2 N–H and O–H groups in total. The molecule has 4 heteroatoms. The van der Waals surface area contributed by atoms with E-state index in [2.05, 4.69) is 23.8 Å². The normalized spacial score (nSPS) is 12.5. The molecular formula is C11H19N3O. The number of ether oxygens (including phenoxy) is 1. The van der Waals surface area contributed by atoms with Gasteiger partial charge in [0.1, 0.15) is 0 Å². The molecule has 15 heavy (non-hydrogen) atoms. The first-order valence-electron chi connectivity index (χ1n) is 5.45. The van der Waals surface area contributed by atoms with Gasteiger partial charge in [0.25, 0.3) is 0 Å². The van der Waals surface area contributed by atoms with Crippen molar-refractivity contribution in [1.29, 1.82) is 0 Å². The van der Waals surface area contributed by atoms with Gasteiger partial charge in [-0.25, -0.2) is 4.98 Å². The molecule has 0 aliphatic rings. The van der Waals surface area contributed by atoms with Gasteiger partial charge >= 0.3 is 0 Å². The average Bonchev–Trinajstić information content (AvgIpc) is 2.26. The predicted octanol–water partition coefficient (Wildman–Crippen LogP) is 1.55. The van der Waals surface area contributed by atoms with Crippen molar-refractivity contribution in [3.63, 3.8) is 0 Å². The molecule has 0 saturated carbocycles. The molecule has 1 atom stereocenters. The third-order valence-corrected chi connectivity index (χ3v) is 2.11. The molecule has 0 aromatic carbocycles. The van der Waals surface area contributed by atoms with Crippen molar-refractivity contribution in [1.82, 2.24) is 9.97 Å². The highest BCUT2D eigenvalue weighted by Crippen LogP contribution is 2.07. The van der Waals surface area contributed by atoms with E-state index in [0.29, 0.717) is 12.5 Å². The van der Waals surface area contributed by atoms with E-state index in [9.17, 15) is 0 Å². The Bertz CT molecular complexity index is 291. The second kappa shape index (κ2) is 6.35. The minimum absolute atomic E-state index is 0.153. The Morgan fingerprint density at radius 3 is 2.87 bits per heavy atom. The first kappa shape index (κ1) is 11.9. The van der Waals surface area contributed by atoms with Crippen LogP contribution in [0.15, 0.2) is 12.4 Å². The van der Waals surface area contributed by atoms with Crippen LogP contribution in [-0.2, 0) is 6.42 Å².